The lowest BCUT2D eigenvalue weighted by Crippen LogP contribution is -2.44. The molecule has 0 aliphatic heterocycles. The second-order valence-electron chi connectivity index (χ2n) is 3.53. The summed E-state index contributed by atoms with van der Waals surface area (Å²) in [5.41, 5.74) is 0. The molecule has 0 rings (SSSR count). The first-order chi connectivity index (χ1) is 9.78. The molecule has 0 aromatic heterocycles. The van der Waals surface area contributed by atoms with Crippen LogP contribution >= 0.6 is 0 Å². The fourth-order valence-electron chi connectivity index (χ4n) is 0.602. The minimum Gasteiger partial charge on any atom is -0.394 e. The summed E-state index contributed by atoms with van der Waals surface area (Å²) in [6.45, 7) is 14.1. The van der Waals surface area contributed by atoms with E-state index < -0.39 is 37.3 Å². The maximum absolute atomic E-state index is 10.5. The second-order valence-corrected chi connectivity index (χ2v) is 3.53. The van der Waals surface area contributed by atoms with Gasteiger partial charge in [-0.05, 0) is 20.8 Å². The van der Waals surface area contributed by atoms with Crippen LogP contribution in [-0.2, 0) is 4.79 Å². The molecule has 0 heterocycles. The predicted molar refractivity (Wildman–Crippen MR) is 84.8 cm³/mol. The first-order valence-corrected chi connectivity index (χ1v) is 6.29. The fraction of sp³-hybridized carbons (Fsp3) is 0.533. The van der Waals surface area contributed by atoms with Gasteiger partial charge in [0.2, 0.25) is 0 Å². The van der Waals surface area contributed by atoms with E-state index in [-0.39, 0.29) is 0 Å². The molecular weight excluding hydrogens is 276 g/mol. The average Bonchev–Trinajstić information content (AvgIpc) is 2.46. The van der Waals surface area contributed by atoms with Gasteiger partial charge in [-0.2, -0.15) is 0 Å². The highest BCUT2D eigenvalue weighted by Crippen LogP contribution is 2.00. The van der Waals surface area contributed by atoms with E-state index in [0.717, 1.165) is 0 Å². The highest BCUT2D eigenvalue weighted by molar-refractivity contribution is 5.84. The molecular formula is C15H30O6. The number of allylic oxidation sites excluding steroid dienone is 3. The van der Waals surface area contributed by atoms with Gasteiger partial charge in [0.25, 0.3) is 0 Å². The summed E-state index contributed by atoms with van der Waals surface area (Å²) in [5.74, 6) is -1.00. The fourth-order valence-corrected chi connectivity index (χ4v) is 0.602. The molecule has 21 heavy (non-hydrogen) atoms. The maximum atomic E-state index is 10.5. The molecule has 126 valence electrons. The van der Waals surface area contributed by atoms with E-state index in [9.17, 15) is 4.79 Å². The van der Waals surface area contributed by atoms with E-state index in [4.69, 9.17) is 25.5 Å². The molecule has 0 saturated heterocycles. The number of ketones is 1. The molecule has 0 unspecified atom stereocenters. The van der Waals surface area contributed by atoms with Gasteiger partial charge in [-0.3, -0.25) is 4.79 Å². The summed E-state index contributed by atoms with van der Waals surface area (Å²) in [7, 11) is 0. The van der Waals surface area contributed by atoms with E-state index >= 15 is 0 Å². The van der Waals surface area contributed by atoms with Crippen LogP contribution < -0.4 is 0 Å². The van der Waals surface area contributed by atoms with E-state index in [1.807, 2.05) is 20.8 Å². The zero-order valence-electron chi connectivity index (χ0n) is 13.1. The zero-order chi connectivity index (χ0) is 17.8. The van der Waals surface area contributed by atoms with Crippen molar-refractivity contribution < 1.29 is 30.3 Å². The number of Topliss-reactive ketones (excluding diaryl/α,β-unsaturated/α-hetero) is 1. The lowest BCUT2D eigenvalue weighted by atomic mass is 10.1. The summed E-state index contributed by atoms with van der Waals surface area (Å²) in [4.78, 5) is 10.5. The highest BCUT2D eigenvalue weighted by Gasteiger charge is 2.28. The quantitative estimate of drug-likeness (QED) is 0.463. The molecule has 0 radical (unpaired) electrons. The van der Waals surface area contributed by atoms with Crippen LogP contribution in [0.4, 0.5) is 0 Å². The monoisotopic (exact) mass is 306 g/mol. The van der Waals surface area contributed by atoms with Gasteiger partial charge in [0, 0.05) is 0 Å². The Morgan fingerprint density at radius 3 is 1.43 bits per heavy atom. The van der Waals surface area contributed by atoms with Gasteiger partial charge in [-0.25, -0.2) is 0 Å². The second kappa shape index (κ2) is 23.8. The van der Waals surface area contributed by atoms with Crippen LogP contribution in [0.5, 0.6) is 0 Å². The third kappa shape index (κ3) is 24.1. The van der Waals surface area contributed by atoms with Crippen molar-refractivity contribution in [3.05, 3.63) is 38.0 Å². The molecule has 0 aromatic rings. The first kappa shape index (κ1) is 27.9. The van der Waals surface area contributed by atoms with Crippen LogP contribution in [0.25, 0.3) is 0 Å². The van der Waals surface area contributed by atoms with Crippen molar-refractivity contribution in [2.45, 2.75) is 39.1 Å². The number of aliphatic hydroxyl groups is 5. The van der Waals surface area contributed by atoms with Gasteiger partial charge in [-0.15, -0.1) is 19.7 Å². The van der Waals surface area contributed by atoms with Gasteiger partial charge in [-0.1, -0.05) is 18.2 Å². The van der Waals surface area contributed by atoms with Gasteiger partial charge < -0.3 is 25.5 Å². The third-order valence-electron chi connectivity index (χ3n) is 1.39. The number of aliphatic hydroxyl groups excluding tert-OH is 5. The van der Waals surface area contributed by atoms with Crippen LogP contribution in [0, 0.1) is 0 Å². The summed E-state index contributed by atoms with van der Waals surface area (Å²) in [6, 6.07) is 0. The van der Waals surface area contributed by atoms with Crippen molar-refractivity contribution in [3.8, 4) is 0 Å². The number of hydrogen-bond acceptors (Lipinski definition) is 6. The van der Waals surface area contributed by atoms with Crippen molar-refractivity contribution in [2.75, 3.05) is 13.2 Å². The summed E-state index contributed by atoms with van der Waals surface area (Å²) < 4.78 is 0. The van der Waals surface area contributed by atoms with Crippen molar-refractivity contribution in [1.82, 2.24) is 0 Å². The lowest BCUT2D eigenvalue weighted by Gasteiger charge is -2.19. The van der Waals surface area contributed by atoms with E-state index in [0.29, 0.717) is 0 Å². The summed E-state index contributed by atoms with van der Waals surface area (Å²) in [5, 5.41) is 43.1. The molecule has 0 fully saturated rings. The predicted octanol–water partition coefficient (Wildman–Crippen LogP) is 0.200. The van der Waals surface area contributed by atoms with E-state index in [2.05, 4.69) is 19.7 Å². The molecule has 0 bridgehead atoms. The van der Waals surface area contributed by atoms with Crippen LogP contribution in [0.15, 0.2) is 38.0 Å². The zero-order valence-corrected chi connectivity index (χ0v) is 13.1. The maximum Gasteiger partial charge on any atom is 0.189 e. The SMILES string of the molecule is C=CC.C=CC.C=CC.O=C(CO)[C@H](O)[C@@H](O)[C@H](O)CO. The minimum absolute atomic E-state index is 0.767. The highest BCUT2D eigenvalue weighted by atomic mass is 16.4. The standard InChI is InChI=1S/C6H12O6.3C3H6/c7-1-3(9)5(11)6(12)4(10)2-8;3*1-3-2/h3,5-9,11-12H,1-2H2;3*3H,1H2,2H3/t3-,5+,6+;;;/m1.../s1. The Hall–Kier alpha value is -1.31. The van der Waals surface area contributed by atoms with Gasteiger partial charge in [0.05, 0.1) is 6.61 Å². The Morgan fingerprint density at radius 1 is 0.952 bits per heavy atom. The van der Waals surface area contributed by atoms with Crippen LogP contribution in [0.3, 0.4) is 0 Å². The molecule has 0 saturated carbocycles. The normalized spacial score (nSPS) is 12.4. The Labute approximate surface area is 127 Å². The number of rotatable bonds is 5. The van der Waals surface area contributed by atoms with Gasteiger partial charge in [0.1, 0.15) is 24.9 Å². The first-order valence-electron chi connectivity index (χ1n) is 6.29. The number of carbonyl (C=O) groups excluding carboxylic acids is 1. The molecule has 3 atom stereocenters. The topological polar surface area (TPSA) is 118 Å². The summed E-state index contributed by atoms with van der Waals surface area (Å²) in [6.07, 6.45) is 0.0299. The largest absolute Gasteiger partial charge is 0.394 e. The molecule has 0 aliphatic carbocycles. The summed E-state index contributed by atoms with van der Waals surface area (Å²) >= 11 is 0. The minimum atomic E-state index is -1.86. The third-order valence-corrected chi connectivity index (χ3v) is 1.39. The molecule has 6 nitrogen and oxygen atoms in total. The lowest BCUT2D eigenvalue weighted by molar-refractivity contribution is -0.142. The Balaban J connectivity index is -0.000000132. The van der Waals surface area contributed by atoms with Crippen LogP contribution in [-0.4, -0.2) is 62.8 Å². The molecule has 0 spiro atoms. The number of carbonyl (C=O) groups is 1. The average molecular weight is 306 g/mol. The van der Waals surface area contributed by atoms with Crippen molar-refractivity contribution >= 4 is 5.78 Å². The molecule has 0 aliphatic rings. The Bertz CT molecular complexity index is 238. The van der Waals surface area contributed by atoms with Crippen molar-refractivity contribution in [3.63, 3.8) is 0 Å². The molecule has 6 heteroatoms. The Kier molecular flexibility index (Phi) is 31.6. The number of hydrogen-bond donors (Lipinski definition) is 5. The van der Waals surface area contributed by atoms with Crippen LogP contribution in [0.2, 0.25) is 0 Å². The van der Waals surface area contributed by atoms with E-state index in [1.54, 1.807) is 18.2 Å². The Morgan fingerprint density at radius 2 is 1.24 bits per heavy atom. The van der Waals surface area contributed by atoms with Crippen molar-refractivity contribution in [2.24, 2.45) is 0 Å². The molecule has 0 aromatic carbocycles. The van der Waals surface area contributed by atoms with Gasteiger partial charge >= 0.3 is 0 Å². The molecule has 5 N–H and O–H groups in total. The molecule has 0 amide bonds. The smallest absolute Gasteiger partial charge is 0.189 e. The van der Waals surface area contributed by atoms with Crippen molar-refractivity contribution in [1.29, 1.82) is 0 Å². The van der Waals surface area contributed by atoms with E-state index in [1.165, 1.54) is 0 Å². The van der Waals surface area contributed by atoms with Crippen LogP contribution in [0.1, 0.15) is 20.8 Å². The van der Waals surface area contributed by atoms with Gasteiger partial charge in [0.15, 0.2) is 5.78 Å².